The minimum atomic E-state index is -0.490. The van der Waals surface area contributed by atoms with E-state index in [0.717, 1.165) is 5.06 Å². The molecule has 5 nitrogen and oxygen atoms in total. The van der Waals surface area contributed by atoms with Gasteiger partial charge in [0, 0.05) is 18.3 Å². The average Bonchev–Trinajstić information content (AvgIpc) is 2.47. The topological polar surface area (TPSA) is 63.7 Å². The Balaban J connectivity index is 0.000000399. The second-order valence-electron chi connectivity index (χ2n) is 6.59. The van der Waals surface area contributed by atoms with Crippen molar-refractivity contribution in [2.45, 2.75) is 66.9 Å². The van der Waals surface area contributed by atoms with E-state index in [1.54, 1.807) is 27.7 Å². The molecule has 1 heterocycles. The van der Waals surface area contributed by atoms with Crippen molar-refractivity contribution < 1.29 is 19.2 Å². The van der Waals surface area contributed by atoms with E-state index in [9.17, 15) is 14.4 Å². The van der Waals surface area contributed by atoms with Crippen LogP contribution in [0, 0.1) is 5.41 Å². The van der Waals surface area contributed by atoms with Gasteiger partial charge in [0.05, 0.1) is 5.60 Å². The first-order valence-corrected chi connectivity index (χ1v) is 6.40. The van der Waals surface area contributed by atoms with Crippen LogP contribution in [0.1, 0.15) is 61.3 Å². The standard InChI is InChI=1S/C8H13NO3.C6H12O/c1-8(2,3)12-9-6(10)4-5-7(9)11;1-5(7)6(2,3)4/h4-5H2,1-3H3;1-4H3. The van der Waals surface area contributed by atoms with Crippen LogP contribution in [0.25, 0.3) is 0 Å². The normalized spacial score (nSPS) is 16.3. The molecule has 0 aliphatic carbocycles. The minimum absolute atomic E-state index is 0.139. The first-order chi connectivity index (χ1) is 8.34. The van der Waals surface area contributed by atoms with Crippen LogP contribution < -0.4 is 0 Å². The molecule has 0 atom stereocenters. The number of hydroxylamine groups is 2. The maximum absolute atomic E-state index is 11.0. The van der Waals surface area contributed by atoms with E-state index < -0.39 is 5.60 Å². The number of nitrogens with zero attached hydrogens (tertiary/aromatic N) is 1. The molecule has 110 valence electrons. The van der Waals surface area contributed by atoms with Crippen molar-refractivity contribution in [3.05, 3.63) is 0 Å². The second-order valence-corrected chi connectivity index (χ2v) is 6.59. The van der Waals surface area contributed by atoms with E-state index in [1.165, 1.54) is 0 Å². The summed E-state index contributed by atoms with van der Waals surface area (Å²) in [5, 5.41) is 0.875. The van der Waals surface area contributed by atoms with Crippen LogP contribution in [0.5, 0.6) is 0 Å². The number of carbonyl (C=O) groups excluding carboxylic acids is 3. The molecule has 5 heteroatoms. The number of imide groups is 1. The Kier molecular flexibility index (Phi) is 5.87. The molecular formula is C14H25NO4. The monoisotopic (exact) mass is 271 g/mol. The first-order valence-electron chi connectivity index (χ1n) is 6.40. The SMILES string of the molecule is CC(=O)C(C)(C)C.CC(C)(C)ON1C(=O)CCC1=O. The predicted octanol–water partition coefficient (Wildman–Crippen LogP) is 2.49. The highest BCUT2D eigenvalue weighted by Crippen LogP contribution is 2.18. The van der Waals surface area contributed by atoms with Crippen molar-refractivity contribution in [2.75, 3.05) is 0 Å². The van der Waals surface area contributed by atoms with E-state index in [2.05, 4.69) is 0 Å². The molecule has 2 amide bonds. The number of carbonyl (C=O) groups is 3. The van der Waals surface area contributed by atoms with Gasteiger partial charge in [-0.05, 0) is 27.7 Å². The van der Waals surface area contributed by atoms with Crippen LogP contribution in [-0.2, 0) is 19.2 Å². The van der Waals surface area contributed by atoms with Gasteiger partial charge in [0.2, 0.25) is 0 Å². The molecule has 1 rings (SSSR count). The highest BCUT2D eigenvalue weighted by atomic mass is 16.7. The van der Waals surface area contributed by atoms with E-state index in [4.69, 9.17) is 4.84 Å². The number of hydrogen-bond acceptors (Lipinski definition) is 4. The third-order valence-corrected chi connectivity index (χ3v) is 2.43. The van der Waals surface area contributed by atoms with E-state index in [0.29, 0.717) is 0 Å². The highest BCUT2D eigenvalue weighted by Gasteiger charge is 2.33. The summed E-state index contributed by atoms with van der Waals surface area (Å²) in [5.41, 5.74) is -0.629. The van der Waals surface area contributed by atoms with E-state index >= 15 is 0 Å². The fourth-order valence-electron chi connectivity index (χ4n) is 0.932. The second kappa shape index (κ2) is 6.28. The van der Waals surface area contributed by atoms with Crippen LogP contribution in [-0.4, -0.2) is 28.3 Å². The molecule has 0 bridgehead atoms. The lowest BCUT2D eigenvalue weighted by atomic mass is 9.92. The zero-order chi connectivity index (χ0) is 15.4. The Morgan fingerprint density at radius 1 is 1.00 bits per heavy atom. The molecule has 0 N–H and O–H groups in total. The van der Waals surface area contributed by atoms with Crippen LogP contribution in [0.2, 0.25) is 0 Å². The Morgan fingerprint density at radius 3 is 1.53 bits per heavy atom. The Labute approximate surface area is 115 Å². The summed E-state index contributed by atoms with van der Waals surface area (Å²) in [5.74, 6) is -0.239. The van der Waals surface area contributed by atoms with Gasteiger partial charge in [-0.3, -0.25) is 19.2 Å². The maximum Gasteiger partial charge on any atom is 0.254 e. The van der Waals surface area contributed by atoms with Crippen molar-refractivity contribution in [3.63, 3.8) is 0 Å². The molecule has 0 spiro atoms. The van der Waals surface area contributed by atoms with E-state index in [-0.39, 0.29) is 35.9 Å². The highest BCUT2D eigenvalue weighted by molar-refractivity contribution is 6.00. The Bertz CT molecular complexity index is 345. The van der Waals surface area contributed by atoms with Gasteiger partial charge in [0.25, 0.3) is 11.8 Å². The average molecular weight is 271 g/mol. The Morgan fingerprint density at radius 2 is 1.32 bits per heavy atom. The minimum Gasteiger partial charge on any atom is -0.299 e. The molecule has 1 aliphatic rings. The first kappa shape index (κ1) is 17.8. The smallest absolute Gasteiger partial charge is 0.254 e. The van der Waals surface area contributed by atoms with Gasteiger partial charge in [-0.1, -0.05) is 20.8 Å². The molecule has 0 saturated carbocycles. The summed E-state index contributed by atoms with van der Waals surface area (Å²) in [6.45, 7) is 12.7. The summed E-state index contributed by atoms with van der Waals surface area (Å²) in [6.07, 6.45) is 0.545. The summed E-state index contributed by atoms with van der Waals surface area (Å²) in [4.78, 5) is 37.7. The summed E-state index contributed by atoms with van der Waals surface area (Å²) >= 11 is 0. The lowest BCUT2D eigenvalue weighted by Crippen LogP contribution is -2.37. The molecular weight excluding hydrogens is 246 g/mol. The molecule has 0 unspecified atom stereocenters. The molecule has 1 saturated heterocycles. The third-order valence-electron chi connectivity index (χ3n) is 2.43. The van der Waals surface area contributed by atoms with Crippen LogP contribution in [0.15, 0.2) is 0 Å². The van der Waals surface area contributed by atoms with Crippen molar-refractivity contribution in [1.29, 1.82) is 0 Å². The van der Waals surface area contributed by atoms with Crippen molar-refractivity contribution >= 4 is 17.6 Å². The van der Waals surface area contributed by atoms with Crippen molar-refractivity contribution in [3.8, 4) is 0 Å². The van der Waals surface area contributed by atoms with Gasteiger partial charge in [0.1, 0.15) is 5.78 Å². The quantitative estimate of drug-likeness (QED) is 0.687. The van der Waals surface area contributed by atoms with Gasteiger partial charge in [-0.15, -0.1) is 0 Å². The molecule has 1 fully saturated rings. The third kappa shape index (κ3) is 7.06. The van der Waals surface area contributed by atoms with Crippen molar-refractivity contribution in [1.82, 2.24) is 5.06 Å². The molecule has 1 aliphatic heterocycles. The zero-order valence-electron chi connectivity index (χ0n) is 13.0. The van der Waals surface area contributed by atoms with Gasteiger partial charge in [-0.2, -0.15) is 5.06 Å². The number of rotatable bonds is 1. The molecule has 0 aromatic rings. The lowest BCUT2D eigenvalue weighted by molar-refractivity contribution is -0.218. The summed E-state index contributed by atoms with van der Waals surface area (Å²) in [6, 6.07) is 0. The lowest BCUT2D eigenvalue weighted by Gasteiger charge is -2.24. The zero-order valence-corrected chi connectivity index (χ0v) is 13.0. The molecule has 19 heavy (non-hydrogen) atoms. The fourth-order valence-corrected chi connectivity index (χ4v) is 0.932. The molecule has 0 aromatic heterocycles. The van der Waals surface area contributed by atoms with Gasteiger partial charge in [0.15, 0.2) is 0 Å². The number of hydrogen-bond donors (Lipinski definition) is 0. The summed E-state index contributed by atoms with van der Waals surface area (Å²) in [7, 11) is 0. The number of ketones is 1. The largest absolute Gasteiger partial charge is 0.299 e. The van der Waals surface area contributed by atoms with Gasteiger partial charge < -0.3 is 0 Å². The number of amides is 2. The van der Waals surface area contributed by atoms with Gasteiger partial charge >= 0.3 is 0 Å². The molecule has 0 radical (unpaired) electrons. The molecule has 0 aromatic carbocycles. The summed E-state index contributed by atoms with van der Waals surface area (Å²) < 4.78 is 0. The predicted molar refractivity (Wildman–Crippen MR) is 72.1 cm³/mol. The van der Waals surface area contributed by atoms with E-state index in [1.807, 2.05) is 20.8 Å². The van der Waals surface area contributed by atoms with Gasteiger partial charge in [-0.25, -0.2) is 0 Å². The number of Topliss-reactive ketones (excluding diaryl/α,β-unsaturated/α-hetero) is 1. The Hall–Kier alpha value is -1.23. The fraction of sp³-hybridized carbons (Fsp3) is 0.786. The maximum atomic E-state index is 11.0. The van der Waals surface area contributed by atoms with Crippen LogP contribution in [0.4, 0.5) is 0 Å². The van der Waals surface area contributed by atoms with Crippen LogP contribution in [0.3, 0.4) is 0 Å². The van der Waals surface area contributed by atoms with Crippen LogP contribution >= 0.6 is 0 Å². The van der Waals surface area contributed by atoms with Crippen molar-refractivity contribution in [2.24, 2.45) is 5.41 Å².